The van der Waals surface area contributed by atoms with E-state index >= 15 is 0 Å². The average molecular weight is 431 g/mol. The van der Waals surface area contributed by atoms with Crippen LogP contribution in [0.5, 0.6) is 5.75 Å². The predicted molar refractivity (Wildman–Crippen MR) is 121 cm³/mol. The number of rotatable bonds is 10. The summed E-state index contributed by atoms with van der Waals surface area (Å²) in [6.07, 6.45) is 6.11. The smallest absolute Gasteiger partial charge is 0.341 e. The standard InChI is InChI=1S/C23H30N2O4S/c1-3-5-14-29-17-12-10-16(11-13-17)24-15-20(26)25-22-21(23(27)28-4-2)18-8-6-7-9-19(18)30-22/h10-13,24H,3-9,14-15H2,1-2H3,(H,25,26). The van der Waals surface area contributed by atoms with Crippen molar-refractivity contribution < 1.29 is 19.1 Å². The summed E-state index contributed by atoms with van der Waals surface area (Å²) in [4.78, 5) is 26.2. The first-order valence-electron chi connectivity index (χ1n) is 10.7. The Morgan fingerprint density at radius 1 is 1.10 bits per heavy atom. The third kappa shape index (κ3) is 5.75. The van der Waals surface area contributed by atoms with Gasteiger partial charge in [0.15, 0.2) is 0 Å². The zero-order chi connectivity index (χ0) is 21.3. The molecule has 1 aliphatic carbocycles. The second kappa shape index (κ2) is 11.0. The molecule has 1 aromatic heterocycles. The Labute approximate surface area is 182 Å². The van der Waals surface area contributed by atoms with Crippen LogP contribution in [0.2, 0.25) is 0 Å². The van der Waals surface area contributed by atoms with Crippen molar-refractivity contribution in [2.45, 2.75) is 52.4 Å². The van der Waals surface area contributed by atoms with Crippen LogP contribution in [0.25, 0.3) is 0 Å². The van der Waals surface area contributed by atoms with E-state index < -0.39 is 0 Å². The molecule has 1 aromatic carbocycles. The first-order chi connectivity index (χ1) is 14.6. The fraction of sp³-hybridized carbons (Fsp3) is 0.478. The zero-order valence-corrected chi connectivity index (χ0v) is 18.5. The molecule has 1 heterocycles. The molecule has 0 fully saturated rings. The van der Waals surface area contributed by atoms with E-state index in [9.17, 15) is 9.59 Å². The summed E-state index contributed by atoms with van der Waals surface area (Å²) in [6.45, 7) is 5.05. The quantitative estimate of drug-likeness (QED) is 0.408. The molecule has 0 aliphatic heterocycles. The van der Waals surface area contributed by atoms with Crippen molar-refractivity contribution >= 4 is 33.9 Å². The molecular weight excluding hydrogens is 400 g/mol. The predicted octanol–water partition coefficient (Wildman–Crippen LogP) is 5.03. The lowest BCUT2D eigenvalue weighted by atomic mass is 9.95. The topological polar surface area (TPSA) is 76.7 Å². The normalized spacial score (nSPS) is 12.7. The SMILES string of the molecule is CCCCOc1ccc(NCC(=O)Nc2sc3c(c2C(=O)OCC)CCCC3)cc1. The molecule has 1 aliphatic rings. The number of esters is 1. The highest BCUT2D eigenvalue weighted by Crippen LogP contribution is 2.38. The second-order valence-electron chi connectivity index (χ2n) is 7.26. The maximum Gasteiger partial charge on any atom is 0.341 e. The Hall–Kier alpha value is -2.54. The third-order valence-corrected chi connectivity index (χ3v) is 6.19. The van der Waals surface area contributed by atoms with Crippen LogP contribution in [0.4, 0.5) is 10.7 Å². The number of ether oxygens (including phenoxy) is 2. The van der Waals surface area contributed by atoms with Crippen LogP contribution in [0.3, 0.4) is 0 Å². The number of fused-ring (bicyclic) bond motifs is 1. The molecule has 0 spiro atoms. The zero-order valence-electron chi connectivity index (χ0n) is 17.7. The van der Waals surface area contributed by atoms with Gasteiger partial charge in [-0.3, -0.25) is 4.79 Å². The number of carbonyl (C=O) groups is 2. The summed E-state index contributed by atoms with van der Waals surface area (Å²) in [7, 11) is 0. The van der Waals surface area contributed by atoms with Crippen LogP contribution in [0, 0.1) is 0 Å². The molecule has 0 bridgehead atoms. The Balaban J connectivity index is 1.59. The molecule has 6 nitrogen and oxygen atoms in total. The summed E-state index contributed by atoms with van der Waals surface area (Å²) in [6, 6.07) is 7.56. The van der Waals surface area contributed by atoms with Gasteiger partial charge in [0.05, 0.1) is 25.3 Å². The largest absolute Gasteiger partial charge is 0.494 e. The van der Waals surface area contributed by atoms with Crippen molar-refractivity contribution in [3.8, 4) is 5.75 Å². The highest BCUT2D eigenvalue weighted by atomic mass is 32.1. The van der Waals surface area contributed by atoms with Crippen LogP contribution in [0.15, 0.2) is 24.3 Å². The number of anilines is 2. The first kappa shape index (κ1) is 22.2. The first-order valence-corrected chi connectivity index (χ1v) is 11.5. The van der Waals surface area contributed by atoms with Crippen LogP contribution < -0.4 is 15.4 Å². The number of thiophene rings is 1. The van der Waals surface area contributed by atoms with E-state index in [4.69, 9.17) is 9.47 Å². The van der Waals surface area contributed by atoms with Crippen molar-refractivity contribution in [3.63, 3.8) is 0 Å². The number of nitrogens with one attached hydrogen (secondary N) is 2. The summed E-state index contributed by atoms with van der Waals surface area (Å²) in [5.74, 6) is 0.280. The van der Waals surface area contributed by atoms with Gasteiger partial charge in [0, 0.05) is 10.6 Å². The molecule has 2 N–H and O–H groups in total. The lowest BCUT2D eigenvalue weighted by molar-refractivity contribution is -0.114. The van der Waals surface area contributed by atoms with E-state index in [2.05, 4.69) is 17.6 Å². The molecule has 0 atom stereocenters. The molecule has 30 heavy (non-hydrogen) atoms. The summed E-state index contributed by atoms with van der Waals surface area (Å²) >= 11 is 1.50. The molecule has 1 amide bonds. The van der Waals surface area contributed by atoms with E-state index in [1.165, 1.54) is 16.2 Å². The van der Waals surface area contributed by atoms with Crippen molar-refractivity contribution in [2.75, 3.05) is 30.4 Å². The van der Waals surface area contributed by atoms with Gasteiger partial charge in [0.2, 0.25) is 5.91 Å². The maximum absolute atomic E-state index is 12.5. The Morgan fingerprint density at radius 2 is 1.87 bits per heavy atom. The van der Waals surface area contributed by atoms with Gasteiger partial charge in [-0.2, -0.15) is 0 Å². The van der Waals surface area contributed by atoms with E-state index in [1.54, 1.807) is 6.92 Å². The number of aryl methyl sites for hydroxylation is 1. The molecule has 0 radical (unpaired) electrons. The maximum atomic E-state index is 12.5. The number of unbranched alkanes of at least 4 members (excludes halogenated alkanes) is 1. The third-order valence-electron chi connectivity index (χ3n) is 4.98. The highest BCUT2D eigenvalue weighted by molar-refractivity contribution is 7.17. The van der Waals surface area contributed by atoms with Crippen LogP contribution in [-0.2, 0) is 22.4 Å². The van der Waals surface area contributed by atoms with Gasteiger partial charge in [-0.15, -0.1) is 11.3 Å². The minimum absolute atomic E-state index is 0.112. The van der Waals surface area contributed by atoms with Crippen LogP contribution in [0.1, 0.15) is 60.3 Å². The Kier molecular flexibility index (Phi) is 8.13. The van der Waals surface area contributed by atoms with E-state index in [-0.39, 0.29) is 18.4 Å². The molecule has 3 rings (SSSR count). The fourth-order valence-electron chi connectivity index (χ4n) is 3.43. The Morgan fingerprint density at radius 3 is 2.60 bits per heavy atom. The number of amides is 1. The van der Waals surface area contributed by atoms with Gasteiger partial charge >= 0.3 is 5.97 Å². The average Bonchev–Trinajstić information content (AvgIpc) is 3.11. The van der Waals surface area contributed by atoms with Crippen molar-refractivity contribution in [1.82, 2.24) is 0 Å². The number of carbonyl (C=O) groups excluding carboxylic acids is 2. The molecular formula is C23H30N2O4S. The van der Waals surface area contributed by atoms with Gasteiger partial charge in [0.25, 0.3) is 0 Å². The van der Waals surface area contributed by atoms with Gasteiger partial charge in [-0.1, -0.05) is 13.3 Å². The van der Waals surface area contributed by atoms with E-state index in [1.807, 2.05) is 24.3 Å². The summed E-state index contributed by atoms with van der Waals surface area (Å²) in [5, 5.41) is 6.63. The van der Waals surface area contributed by atoms with Crippen LogP contribution >= 0.6 is 11.3 Å². The molecule has 0 unspecified atom stereocenters. The summed E-state index contributed by atoms with van der Waals surface area (Å²) < 4.78 is 10.9. The van der Waals surface area contributed by atoms with Gasteiger partial charge < -0.3 is 20.1 Å². The fourth-order valence-corrected chi connectivity index (χ4v) is 4.72. The lowest BCUT2D eigenvalue weighted by Gasteiger charge is -2.12. The van der Waals surface area contributed by atoms with Crippen molar-refractivity contribution in [3.05, 3.63) is 40.3 Å². The van der Waals surface area contributed by atoms with E-state index in [0.717, 1.165) is 55.5 Å². The van der Waals surface area contributed by atoms with Crippen molar-refractivity contribution in [2.24, 2.45) is 0 Å². The number of benzene rings is 1. The van der Waals surface area contributed by atoms with Gasteiger partial charge in [0.1, 0.15) is 10.8 Å². The number of hydrogen-bond acceptors (Lipinski definition) is 6. The molecule has 0 saturated heterocycles. The molecule has 162 valence electrons. The molecule has 0 saturated carbocycles. The van der Waals surface area contributed by atoms with Crippen molar-refractivity contribution in [1.29, 1.82) is 0 Å². The van der Waals surface area contributed by atoms with Crippen LogP contribution in [-0.4, -0.2) is 31.6 Å². The monoisotopic (exact) mass is 430 g/mol. The minimum atomic E-state index is -0.348. The highest BCUT2D eigenvalue weighted by Gasteiger charge is 2.27. The minimum Gasteiger partial charge on any atom is -0.494 e. The van der Waals surface area contributed by atoms with Gasteiger partial charge in [-0.05, 0) is 68.9 Å². The van der Waals surface area contributed by atoms with Gasteiger partial charge in [-0.25, -0.2) is 4.79 Å². The number of hydrogen-bond donors (Lipinski definition) is 2. The van der Waals surface area contributed by atoms with E-state index in [0.29, 0.717) is 23.8 Å². The molecule has 7 heteroatoms. The lowest BCUT2D eigenvalue weighted by Crippen LogP contribution is -2.22. The second-order valence-corrected chi connectivity index (χ2v) is 8.37. The summed E-state index contributed by atoms with van der Waals surface area (Å²) in [5.41, 5.74) is 2.43. The Bertz CT molecular complexity index is 861. The molecule has 2 aromatic rings.